The summed E-state index contributed by atoms with van der Waals surface area (Å²) in [6, 6.07) is 11.6. The Bertz CT molecular complexity index is 1090. The van der Waals surface area contributed by atoms with Gasteiger partial charge in [-0.25, -0.2) is 15.0 Å². The summed E-state index contributed by atoms with van der Waals surface area (Å²) in [6.45, 7) is 1.97. The van der Waals surface area contributed by atoms with Crippen molar-refractivity contribution in [3.05, 3.63) is 91.8 Å². The monoisotopic (exact) mass is 673 g/mol. The summed E-state index contributed by atoms with van der Waals surface area (Å²) in [6.07, 6.45) is 14.6. The van der Waals surface area contributed by atoms with Crippen molar-refractivity contribution >= 4 is 9.64 Å². The molecule has 5 heterocycles. The van der Waals surface area contributed by atoms with Crippen LogP contribution in [0.2, 0.25) is 0 Å². The fraction of sp³-hybridized carbons (Fsp3) is 0.240. The molecule has 5 rings (SSSR count). The van der Waals surface area contributed by atoms with E-state index in [1.807, 2.05) is 96.8 Å². The predicted octanol–water partition coefficient (Wildman–Crippen LogP) is 5.65. The zero-order valence-electron chi connectivity index (χ0n) is 18.9. The summed E-state index contributed by atoms with van der Waals surface area (Å²) in [5.41, 5.74) is 1.81. The van der Waals surface area contributed by atoms with Crippen LogP contribution in [0, 0.1) is 6.92 Å². The number of imidazole rings is 3. The Kier molecular flexibility index (Phi) is 15.8. The van der Waals surface area contributed by atoms with E-state index in [0.717, 1.165) is 28.9 Å². The summed E-state index contributed by atoms with van der Waals surface area (Å²) in [5.74, 6) is 2.85. The molecule has 0 N–H and O–H groups in total. The minimum absolute atomic E-state index is 0. The molecule has 8 nitrogen and oxygen atoms in total. The molecule has 10 heteroatoms. The number of pyridine rings is 2. The van der Waals surface area contributed by atoms with E-state index in [0.29, 0.717) is 0 Å². The molecule has 0 fully saturated rings. The first kappa shape index (κ1) is 31.9. The van der Waals surface area contributed by atoms with Gasteiger partial charge in [0, 0.05) is 70.7 Å². The van der Waals surface area contributed by atoms with Gasteiger partial charge in [0.15, 0.2) is 11.6 Å². The number of aromatic nitrogens is 8. The fourth-order valence-corrected chi connectivity index (χ4v) is 2.66. The fourth-order valence-electron chi connectivity index (χ4n) is 2.66. The predicted molar refractivity (Wildman–Crippen MR) is 140 cm³/mol. The molecule has 5 aromatic rings. The Morgan fingerprint density at radius 1 is 0.571 bits per heavy atom. The third-order valence-electron chi connectivity index (χ3n) is 4.49. The van der Waals surface area contributed by atoms with Crippen molar-refractivity contribution in [3.8, 4) is 23.0 Å². The first-order valence-corrected chi connectivity index (χ1v) is 13.1. The molecule has 0 radical (unpaired) electrons. The number of halogens is 1. The third kappa shape index (κ3) is 9.93. The van der Waals surface area contributed by atoms with Gasteiger partial charge in [-0.15, -0.1) is 0 Å². The standard InChI is InChI=1S/2C9H9N3.C5H8N2.2CH4.ClH.Os/c2*1-12-7-6-11-9(12)8-4-2-3-5-10-8;1-5-6-3-4-7(5)2;;;;/h2*2-7H,1H3;3-4H,1-2H3;2*1H4;1H;/q;;;;;;+1/p-1. The van der Waals surface area contributed by atoms with Gasteiger partial charge in [0.1, 0.15) is 17.2 Å². The second kappa shape index (κ2) is 17.3. The van der Waals surface area contributed by atoms with Gasteiger partial charge in [0.25, 0.3) is 0 Å². The van der Waals surface area contributed by atoms with E-state index in [-0.39, 0.29) is 14.9 Å². The van der Waals surface area contributed by atoms with Crippen molar-refractivity contribution in [2.75, 3.05) is 0 Å². The van der Waals surface area contributed by atoms with Gasteiger partial charge < -0.3 is 13.7 Å². The van der Waals surface area contributed by atoms with Crippen molar-refractivity contribution in [1.29, 1.82) is 0 Å². The van der Waals surface area contributed by atoms with E-state index in [1.54, 1.807) is 31.0 Å². The summed E-state index contributed by atoms with van der Waals surface area (Å²) < 4.78 is 5.87. The third-order valence-corrected chi connectivity index (χ3v) is 4.49. The van der Waals surface area contributed by atoms with Crippen LogP contribution in [0.5, 0.6) is 0 Å². The summed E-state index contributed by atoms with van der Waals surface area (Å²) in [5, 5.41) is 0. The second-order valence-corrected chi connectivity index (χ2v) is 6.74. The molecular weight excluding hydrogens is 638 g/mol. The van der Waals surface area contributed by atoms with Crippen molar-refractivity contribution in [2.45, 2.75) is 21.8 Å². The normalized spacial score (nSPS) is 8.97. The Morgan fingerprint density at radius 2 is 0.971 bits per heavy atom. The molecule has 0 aliphatic heterocycles. The van der Waals surface area contributed by atoms with E-state index >= 15 is 0 Å². The van der Waals surface area contributed by atoms with Gasteiger partial charge in [-0.1, -0.05) is 27.0 Å². The first-order chi connectivity index (χ1) is 16.1. The van der Waals surface area contributed by atoms with Crippen LogP contribution in [0.15, 0.2) is 86.0 Å². The minimum atomic E-state index is 0. The Labute approximate surface area is 223 Å². The number of hydrogen-bond donors (Lipinski definition) is 0. The van der Waals surface area contributed by atoms with Crippen LogP contribution in [-0.4, -0.2) is 38.6 Å². The van der Waals surface area contributed by atoms with Gasteiger partial charge in [-0.2, -0.15) is 0 Å². The van der Waals surface area contributed by atoms with E-state index in [9.17, 15) is 0 Å². The van der Waals surface area contributed by atoms with Gasteiger partial charge >= 0.3 is 27.2 Å². The van der Waals surface area contributed by atoms with Crippen molar-refractivity contribution in [3.63, 3.8) is 0 Å². The first-order valence-electron chi connectivity index (χ1n) is 9.91. The molecule has 0 aliphatic rings. The zero-order valence-corrected chi connectivity index (χ0v) is 22.2. The van der Waals surface area contributed by atoms with E-state index < -0.39 is 0 Å². The molecule has 0 amide bonds. The van der Waals surface area contributed by atoms with Crippen LogP contribution < -0.4 is 0 Å². The summed E-state index contributed by atoms with van der Waals surface area (Å²) >= 11 is 1.33. The molecule has 189 valence electrons. The molecule has 0 aliphatic carbocycles. The van der Waals surface area contributed by atoms with Crippen LogP contribution in [0.3, 0.4) is 0 Å². The van der Waals surface area contributed by atoms with Crippen molar-refractivity contribution < 1.29 is 17.6 Å². The van der Waals surface area contributed by atoms with Gasteiger partial charge in [-0.3, -0.25) is 9.97 Å². The summed E-state index contributed by atoms with van der Waals surface area (Å²) in [7, 11) is 10.6. The number of aryl methyl sites for hydroxylation is 4. The van der Waals surface area contributed by atoms with E-state index in [4.69, 9.17) is 0 Å². The SMILES string of the molecule is C.C.Cc1nccn1C.Cn1ccnc1-c1ccccn1.Cn1ccnc1-c1ccccn1.[Cl][Os]. The molecule has 0 spiro atoms. The average Bonchev–Trinajstić information content (AvgIpc) is 3.59. The van der Waals surface area contributed by atoms with Crippen molar-refractivity contribution in [2.24, 2.45) is 21.1 Å². The maximum atomic E-state index is 4.67. The molecule has 0 unspecified atom stereocenters. The Hall–Kier alpha value is -3.14. The number of rotatable bonds is 2. The van der Waals surface area contributed by atoms with Gasteiger partial charge in [0.2, 0.25) is 0 Å². The van der Waals surface area contributed by atoms with Crippen LogP contribution >= 0.6 is 9.64 Å². The molecule has 0 saturated heterocycles. The Balaban J connectivity index is 0.000000480. The molecule has 5 aromatic heterocycles. The topological polar surface area (TPSA) is 79.2 Å². The summed E-state index contributed by atoms with van der Waals surface area (Å²) in [4.78, 5) is 20.7. The zero-order chi connectivity index (χ0) is 24.1. The van der Waals surface area contributed by atoms with Gasteiger partial charge in [-0.05, 0) is 31.2 Å². The van der Waals surface area contributed by atoms with Crippen LogP contribution in [0.25, 0.3) is 23.0 Å². The van der Waals surface area contributed by atoms with E-state index in [1.165, 1.54) is 17.6 Å². The quantitative estimate of drug-likeness (QED) is 0.242. The van der Waals surface area contributed by atoms with Crippen LogP contribution in [0.1, 0.15) is 20.7 Å². The van der Waals surface area contributed by atoms with Crippen LogP contribution in [-0.2, 0) is 38.7 Å². The average molecular weight is 672 g/mol. The maximum absolute atomic E-state index is 4.67. The molecule has 0 atom stereocenters. The molecular formula is C25H34ClN8Os. The van der Waals surface area contributed by atoms with Crippen LogP contribution in [0.4, 0.5) is 0 Å². The van der Waals surface area contributed by atoms with Crippen molar-refractivity contribution in [1.82, 2.24) is 38.6 Å². The molecule has 0 saturated carbocycles. The molecule has 35 heavy (non-hydrogen) atoms. The Morgan fingerprint density at radius 3 is 1.20 bits per heavy atom. The molecule has 0 bridgehead atoms. The second-order valence-electron chi connectivity index (χ2n) is 6.74. The molecule has 0 aromatic carbocycles. The van der Waals surface area contributed by atoms with E-state index in [2.05, 4.69) is 34.6 Å². The van der Waals surface area contributed by atoms with Gasteiger partial charge in [0.05, 0.1) is 0 Å². The number of nitrogens with zero attached hydrogens (tertiary/aromatic N) is 8. The number of hydrogen-bond acceptors (Lipinski definition) is 5.